The highest BCUT2D eigenvalue weighted by atomic mass is 19.4. The van der Waals surface area contributed by atoms with E-state index in [4.69, 9.17) is 14.1 Å². The Hall–Kier alpha value is -4.81. The van der Waals surface area contributed by atoms with E-state index in [-0.39, 0.29) is 35.9 Å². The third kappa shape index (κ3) is 7.14. The predicted octanol–water partition coefficient (Wildman–Crippen LogP) is 9.71. The van der Waals surface area contributed by atoms with Gasteiger partial charge >= 0.3 is 18.8 Å². The van der Waals surface area contributed by atoms with Gasteiger partial charge in [-0.15, -0.1) is 0 Å². The van der Waals surface area contributed by atoms with Gasteiger partial charge in [0.15, 0.2) is 5.58 Å². The van der Waals surface area contributed by atoms with Crippen LogP contribution in [0.4, 0.5) is 22.0 Å². The number of nitrogens with zero attached hydrogens (tertiary/aromatic N) is 3. The van der Waals surface area contributed by atoms with Gasteiger partial charge in [0.1, 0.15) is 17.3 Å². The molecule has 0 bridgehead atoms. The van der Waals surface area contributed by atoms with Crippen LogP contribution in [0.15, 0.2) is 71.1 Å². The zero-order chi connectivity index (χ0) is 36.7. The second-order valence-corrected chi connectivity index (χ2v) is 13.6. The van der Waals surface area contributed by atoms with Crippen LogP contribution in [0.5, 0.6) is 5.75 Å². The van der Waals surface area contributed by atoms with Crippen LogP contribution < -0.4 is 4.74 Å². The topological polar surface area (TPSA) is 79.0 Å². The van der Waals surface area contributed by atoms with Gasteiger partial charge in [-0.2, -0.15) is 22.0 Å². The molecule has 1 N–H and O–H groups in total. The lowest BCUT2D eigenvalue weighted by atomic mass is 9.88. The number of oxazole rings is 1. The first-order valence-corrected chi connectivity index (χ1v) is 17.4. The van der Waals surface area contributed by atoms with E-state index in [1.807, 2.05) is 50.2 Å². The maximum absolute atomic E-state index is 14.3. The number of benzene rings is 4. The summed E-state index contributed by atoms with van der Waals surface area (Å²) < 4.78 is 80.9. The summed E-state index contributed by atoms with van der Waals surface area (Å²) in [6.45, 7) is 3.15. The Morgan fingerprint density at radius 2 is 1.56 bits per heavy atom. The third-order valence-corrected chi connectivity index (χ3v) is 10.3. The van der Waals surface area contributed by atoms with Crippen LogP contribution in [0.2, 0.25) is 0 Å². The number of ether oxygens (including phenoxy) is 1. The fourth-order valence-electron chi connectivity index (χ4n) is 7.68. The average Bonchev–Trinajstić information content (AvgIpc) is 3.87. The molecule has 2 aliphatic heterocycles. The van der Waals surface area contributed by atoms with Crippen molar-refractivity contribution in [1.29, 1.82) is 0 Å². The molecule has 5 aromatic rings. The van der Waals surface area contributed by atoms with E-state index in [0.717, 1.165) is 48.2 Å². The fourth-order valence-corrected chi connectivity index (χ4v) is 7.68. The summed E-state index contributed by atoms with van der Waals surface area (Å²) in [7, 11) is 0. The van der Waals surface area contributed by atoms with Gasteiger partial charge in [-0.1, -0.05) is 42.5 Å². The summed E-state index contributed by atoms with van der Waals surface area (Å²) in [5, 5.41) is 9.63. The minimum Gasteiger partial charge on any atom is -0.480 e. The largest absolute Gasteiger partial charge is 0.480 e. The number of likely N-dealkylation sites (tertiary alicyclic amines) is 2. The minimum atomic E-state index is -4.50. The molecule has 0 aliphatic carbocycles. The van der Waals surface area contributed by atoms with E-state index in [0.29, 0.717) is 47.2 Å². The molecule has 0 spiro atoms. The van der Waals surface area contributed by atoms with E-state index < -0.39 is 30.4 Å². The molecule has 2 fully saturated rings. The molecule has 7 rings (SSSR count). The summed E-state index contributed by atoms with van der Waals surface area (Å²) in [5.41, 5.74) is 5.72. The van der Waals surface area contributed by atoms with Crippen LogP contribution in [0.1, 0.15) is 53.5 Å². The van der Waals surface area contributed by atoms with Gasteiger partial charge in [0.25, 0.3) is 0 Å². The summed E-state index contributed by atoms with van der Waals surface area (Å²) in [6.07, 6.45) is -1.37. The van der Waals surface area contributed by atoms with Crippen molar-refractivity contribution in [2.75, 3.05) is 19.6 Å². The van der Waals surface area contributed by atoms with Crippen molar-refractivity contribution in [1.82, 2.24) is 14.8 Å². The Morgan fingerprint density at radius 1 is 0.885 bits per heavy atom. The molecule has 2 saturated heterocycles. The summed E-state index contributed by atoms with van der Waals surface area (Å²) in [4.78, 5) is 20.2. The molecular weight excluding hydrogens is 681 g/mol. The van der Waals surface area contributed by atoms with E-state index in [1.54, 1.807) is 23.1 Å². The molecule has 1 atom stereocenters. The molecule has 12 heteroatoms. The van der Waals surface area contributed by atoms with Crippen LogP contribution in [0.3, 0.4) is 0 Å². The van der Waals surface area contributed by atoms with E-state index >= 15 is 0 Å². The maximum atomic E-state index is 14.3. The lowest BCUT2D eigenvalue weighted by molar-refractivity contribution is -0.142. The number of alkyl halides is 5. The number of rotatable bonds is 10. The number of hydrogen-bond acceptors (Lipinski definition) is 6. The fraction of sp³-hybridized carbons (Fsp3) is 0.350. The molecule has 4 aromatic carbocycles. The van der Waals surface area contributed by atoms with Gasteiger partial charge in [-0.05, 0) is 116 Å². The van der Waals surface area contributed by atoms with Crippen molar-refractivity contribution < 1.29 is 41.0 Å². The summed E-state index contributed by atoms with van der Waals surface area (Å²) in [6, 6.07) is 18.0. The van der Waals surface area contributed by atoms with Gasteiger partial charge in [-0.3, -0.25) is 14.6 Å². The monoisotopic (exact) mass is 719 g/mol. The molecule has 0 saturated carbocycles. The Balaban J connectivity index is 1.23. The molecular formula is C40H38F5N3O4. The molecule has 0 unspecified atom stereocenters. The molecule has 2 aliphatic rings. The second-order valence-electron chi connectivity index (χ2n) is 13.6. The Morgan fingerprint density at radius 3 is 2.23 bits per heavy atom. The van der Waals surface area contributed by atoms with Crippen molar-refractivity contribution in [2.24, 2.45) is 0 Å². The number of carboxylic acids is 1. The number of carboxylic acid groups (broad SMARTS) is 1. The molecule has 7 nitrogen and oxygen atoms in total. The lowest BCUT2D eigenvalue weighted by Crippen LogP contribution is -2.35. The molecule has 3 heterocycles. The van der Waals surface area contributed by atoms with Gasteiger partial charge < -0.3 is 14.3 Å². The number of aromatic nitrogens is 1. The smallest absolute Gasteiger partial charge is 0.416 e. The van der Waals surface area contributed by atoms with Crippen molar-refractivity contribution >= 4 is 17.1 Å². The van der Waals surface area contributed by atoms with E-state index in [1.165, 1.54) is 12.1 Å². The van der Waals surface area contributed by atoms with Gasteiger partial charge in [0, 0.05) is 30.3 Å². The van der Waals surface area contributed by atoms with Crippen LogP contribution in [-0.4, -0.2) is 58.1 Å². The first-order chi connectivity index (χ1) is 24.9. The highest BCUT2D eigenvalue weighted by Gasteiger charge is 2.35. The molecule has 0 amide bonds. The Kier molecular flexibility index (Phi) is 9.79. The molecule has 52 heavy (non-hydrogen) atoms. The molecule has 1 aromatic heterocycles. The number of hydrogen-bond donors (Lipinski definition) is 1. The number of fused-ring (bicyclic) bond motifs is 1. The summed E-state index contributed by atoms with van der Waals surface area (Å²) in [5.74, 6) is -0.833. The van der Waals surface area contributed by atoms with E-state index in [9.17, 15) is 31.9 Å². The first-order valence-electron chi connectivity index (χ1n) is 17.4. The second kappa shape index (κ2) is 14.3. The van der Waals surface area contributed by atoms with Crippen molar-refractivity contribution in [2.45, 2.75) is 71.4 Å². The number of aliphatic carboxylic acids is 1. The normalized spacial score (nSPS) is 17.1. The third-order valence-electron chi connectivity index (χ3n) is 10.3. The first kappa shape index (κ1) is 35.6. The average molecular weight is 720 g/mol. The van der Waals surface area contributed by atoms with E-state index in [2.05, 4.69) is 4.90 Å². The standard InChI is InChI=1S/C40H38F5N3O4/c1-23-28(25-13-14-26(21-47-15-3-4-16-47)32(18-25)40(43,44)45)8-5-9-29(23)30-10-6-11-31(24(30)2)37-46-33-19-27(22-48-17-7-12-34(48)38(49)50)35(52-39(41)42)20-36(33)51-37/h5-6,8-11,13-14,18-20,34,39H,3-4,7,12,15-17,21-22H2,1-2H3,(H,49,50)/t34-/m0/s1. The van der Waals surface area contributed by atoms with Crippen LogP contribution >= 0.6 is 0 Å². The Labute approximate surface area is 297 Å². The Bertz CT molecular complexity index is 2120. The van der Waals surface area contributed by atoms with Crippen molar-refractivity contribution in [3.63, 3.8) is 0 Å². The highest BCUT2D eigenvalue weighted by molar-refractivity contribution is 5.85. The summed E-state index contributed by atoms with van der Waals surface area (Å²) >= 11 is 0. The van der Waals surface area contributed by atoms with Gasteiger partial charge in [-0.25, -0.2) is 4.98 Å². The minimum absolute atomic E-state index is 0.0902. The highest BCUT2D eigenvalue weighted by Crippen LogP contribution is 2.41. The van der Waals surface area contributed by atoms with Crippen molar-refractivity contribution in [3.8, 4) is 39.5 Å². The molecule has 0 radical (unpaired) electrons. The predicted molar refractivity (Wildman–Crippen MR) is 187 cm³/mol. The maximum Gasteiger partial charge on any atom is 0.416 e. The van der Waals surface area contributed by atoms with Crippen molar-refractivity contribution in [3.05, 3.63) is 94.5 Å². The molecule has 272 valence electrons. The van der Waals surface area contributed by atoms with Gasteiger partial charge in [0.05, 0.1) is 5.56 Å². The van der Waals surface area contributed by atoms with Crippen LogP contribution in [0, 0.1) is 13.8 Å². The zero-order valence-corrected chi connectivity index (χ0v) is 28.8. The van der Waals surface area contributed by atoms with Crippen LogP contribution in [-0.2, 0) is 24.1 Å². The van der Waals surface area contributed by atoms with Crippen LogP contribution in [0.25, 0.3) is 44.8 Å². The van der Waals surface area contributed by atoms with Gasteiger partial charge in [0.2, 0.25) is 5.89 Å². The quantitative estimate of drug-likeness (QED) is 0.144. The number of halogens is 5. The lowest BCUT2D eigenvalue weighted by Gasteiger charge is -2.22. The number of carbonyl (C=O) groups is 1. The zero-order valence-electron chi connectivity index (χ0n) is 28.8. The SMILES string of the molecule is Cc1c(-c2ccc(CN3CCCC3)c(C(F)(F)F)c2)cccc1-c1cccc(-c2nc3cc(CN4CCC[C@H]4C(=O)O)c(OC(F)F)cc3o2)c1C.